The standard InChI is InChI=1S/C28H38N2O4/c1-21(2)19-29-28(31)24-6-7-27-25(18-24)17-22-4-3-5-23(16-22)20-30(10-13-33-14-15-34-27)26-8-11-32-12-9-26/h3-7,16,18,21,26H,8-15,17,19-20H2,1-2H3,(H,29,31). The van der Waals surface area contributed by atoms with Crippen molar-refractivity contribution in [1.82, 2.24) is 10.2 Å². The van der Waals surface area contributed by atoms with E-state index in [1.165, 1.54) is 11.1 Å². The molecular formula is C28H38N2O4. The smallest absolute Gasteiger partial charge is 0.251 e. The zero-order valence-corrected chi connectivity index (χ0v) is 20.6. The number of hydrogen-bond donors (Lipinski definition) is 1. The third-order valence-electron chi connectivity index (χ3n) is 6.48. The molecule has 2 aromatic rings. The first-order valence-electron chi connectivity index (χ1n) is 12.6. The maximum Gasteiger partial charge on any atom is 0.251 e. The maximum atomic E-state index is 12.7. The number of nitrogens with zero attached hydrogens (tertiary/aromatic N) is 1. The predicted molar refractivity (Wildman–Crippen MR) is 133 cm³/mol. The summed E-state index contributed by atoms with van der Waals surface area (Å²) in [6, 6.07) is 15.0. The van der Waals surface area contributed by atoms with Gasteiger partial charge in [-0.15, -0.1) is 0 Å². The number of nitrogens with one attached hydrogen (secondary N) is 1. The monoisotopic (exact) mass is 466 g/mol. The fourth-order valence-electron chi connectivity index (χ4n) is 4.63. The Balaban J connectivity index is 1.56. The number of carbonyl (C=O) groups is 1. The van der Waals surface area contributed by atoms with Gasteiger partial charge >= 0.3 is 0 Å². The lowest BCUT2D eigenvalue weighted by molar-refractivity contribution is 0.0133. The lowest BCUT2D eigenvalue weighted by Crippen LogP contribution is -2.41. The van der Waals surface area contributed by atoms with E-state index >= 15 is 0 Å². The highest BCUT2D eigenvalue weighted by Gasteiger charge is 2.22. The van der Waals surface area contributed by atoms with Crippen LogP contribution in [0, 0.1) is 5.92 Å². The lowest BCUT2D eigenvalue weighted by Gasteiger charge is -2.34. The van der Waals surface area contributed by atoms with E-state index in [0.717, 1.165) is 50.5 Å². The van der Waals surface area contributed by atoms with E-state index in [4.69, 9.17) is 14.2 Å². The third kappa shape index (κ3) is 7.05. The van der Waals surface area contributed by atoms with Gasteiger partial charge in [-0.1, -0.05) is 38.1 Å². The highest BCUT2D eigenvalue weighted by atomic mass is 16.5. The van der Waals surface area contributed by atoms with Crippen LogP contribution in [0.25, 0.3) is 0 Å². The average molecular weight is 467 g/mol. The SMILES string of the molecule is CC(C)CNC(=O)c1ccc2c(c1)Cc1cccc(c1)CN(C1CCOCC1)CCOCCO2. The lowest BCUT2D eigenvalue weighted by atomic mass is 9.99. The van der Waals surface area contributed by atoms with Crippen LogP contribution in [-0.4, -0.2) is 63.0 Å². The van der Waals surface area contributed by atoms with Gasteiger partial charge in [-0.3, -0.25) is 9.69 Å². The van der Waals surface area contributed by atoms with Crippen molar-refractivity contribution in [3.05, 3.63) is 64.7 Å². The van der Waals surface area contributed by atoms with Gasteiger partial charge in [0.25, 0.3) is 5.91 Å². The summed E-state index contributed by atoms with van der Waals surface area (Å²) in [7, 11) is 0. The molecule has 2 aliphatic heterocycles. The highest BCUT2D eigenvalue weighted by molar-refractivity contribution is 5.94. The van der Waals surface area contributed by atoms with Crippen LogP contribution in [0.4, 0.5) is 0 Å². The van der Waals surface area contributed by atoms with Crippen molar-refractivity contribution in [2.24, 2.45) is 5.92 Å². The van der Waals surface area contributed by atoms with Crippen molar-refractivity contribution in [2.45, 2.75) is 45.7 Å². The van der Waals surface area contributed by atoms with Gasteiger partial charge in [0.05, 0.1) is 13.2 Å². The zero-order valence-electron chi connectivity index (χ0n) is 20.6. The summed E-state index contributed by atoms with van der Waals surface area (Å²) in [5.41, 5.74) is 4.21. The van der Waals surface area contributed by atoms with Crippen molar-refractivity contribution in [3.63, 3.8) is 0 Å². The van der Waals surface area contributed by atoms with Crippen LogP contribution in [0.3, 0.4) is 0 Å². The van der Waals surface area contributed by atoms with Crippen LogP contribution in [0.2, 0.25) is 0 Å². The number of hydrogen-bond acceptors (Lipinski definition) is 5. The second-order valence-corrected chi connectivity index (χ2v) is 9.70. The van der Waals surface area contributed by atoms with Crippen LogP contribution in [0.15, 0.2) is 42.5 Å². The molecule has 0 unspecified atom stereocenters. The molecule has 4 rings (SSSR count). The Morgan fingerprint density at radius 2 is 1.79 bits per heavy atom. The fourth-order valence-corrected chi connectivity index (χ4v) is 4.63. The molecule has 6 nitrogen and oxygen atoms in total. The third-order valence-corrected chi connectivity index (χ3v) is 6.48. The number of rotatable bonds is 4. The number of amides is 1. The number of carbonyl (C=O) groups excluding carboxylic acids is 1. The summed E-state index contributed by atoms with van der Waals surface area (Å²) in [5, 5.41) is 3.02. The van der Waals surface area contributed by atoms with E-state index in [0.29, 0.717) is 50.3 Å². The average Bonchev–Trinajstić information content (AvgIpc) is 2.85. The van der Waals surface area contributed by atoms with Gasteiger partial charge < -0.3 is 19.5 Å². The molecule has 1 amide bonds. The van der Waals surface area contributed by atoms with E-state index in [-0.39, 0.29) is 5.91 Å². The van der Waals surface area contributed by atoms with Gasteiger partial charge in [0, 0.05) is 50.9 Å². The quantitative estimate of drug-likeness (QED) is 0.737. The summed E-state index contributed by atoms with van der Waals surface area (Å²) in [4.78, 5) is 15.2. The Labute approximate surface area is 203 Å². The largest absolute Gasteiger partial charge is 0.491 e. The zero-order chi connectivity index (χ0) is 23.8. The fraction of sp³-hybridized carbons (Fsp3) is 0.536. The van der Waals surface area contributed by atoms with E-state index in [1.807, 2.05) is 18.2 Å². The van der Waals surface area contributed by atoms with Crippen LogP contribution >= 0.6 is 0 Å². The van der Waals surface area contributed by atoms with Crippen molar-refractivity contribution in [1.29, 1.82) is 0 Å². The second kappa shape index (κ2) is 12.3. The highest BCUT2D eigenvalue weighted by Crippen LogP contribution is 2.25. The minimum absolute atomic E-state index is 0.0416. The Morgan fingerprint density at radius 1 is 1.00 bits per heavy atom. The van der Waals surface area contributed by atoms with Gasteiger partial charge in [-0.05, 0) is 53.6 Å². The van der Waals surface area contributed by atoms with Gasteiger partial charge in [-0.25, -0.2) is 0 Å². The van der Waals surface area contributed by atoms with Crippen molar-refractivity contribution in [2.75, 3.05) is 46.1 Å². The van der Waals surface area contributed by atoms with Crippen molar-refractivity contribution in [3.8, 4) is 5.75 Å². The molecule has 0 radical (unpaired) electrons. The van der Waals surface area contributed by atoms with Crippen LogP contribution in [0.1, 0.15) is 53.7 Å². The summed E-state index contributed by atoms with van der Waals surface area (Å²) < 4.78 is 17.6. The molecule has 2 heterocycles. The molecule has 2 aromatic carbocycles. The second-order valence-electron chi connectivity index (χ2n) is 9.70. The summed E-state index contributed by atoms with van der Waals surface area (Å²) >= 11 is 0. The Morgan fingerprint density at radius 3 is 2.62 bits per heavy atom. The van der Waals surface area contributed by atoms with E-state index in [1.54, 1.807) is 0 Å². The minimum atomic E-state index is -0.0416. The molecule has 184 valence electrons. The van der Waals surface area contributed by atoms with Crippen LogP contribution in [-0.2, 0) is 22.4 Å². The summed E-state index contributed by atoms with van der Waals surface area (Å²) in [6.45, 7) is 10.0. The van der Waals surface area contributed by atoms with Crippen LogP contribution < -0.4 is 10.1 Å². The van der Waals surface area contributed by atoms with E-state index < -0.39 is 0 Å². The molecule has 0 aromatic heterocycles. The van der Waals surface area contributed by atoms with Crippen LogP contribution in [0.5, 0.6) is 5.75 Å². The molecule has 1 saturated heterocycles. The Kier molecular flexibility index (Phi) is 8.97. The summed E-state index contributed by atoms with van der Waals surface area (Å²) in [6.07, 6.45) is 2.85. The molecule has 0 atom stereocenters. The van der Waals surface area contributed by atoms with Crippen molar-refractivity contribution >= 4 is 5.91 Å². The van der Waals surface area contributed by atoms with Gasteiger partial charge in [0.1, 0.15) is 12.4 Å². The maximum absolute atomic E-state index is 12.7. The van der Waals surface area contributed by atoms with E-state index in [2.05, 4.69) is 48.3 Å². The van der Waals surface area contributed by atoms with Gasteiger partial charge in [0.15, 0.2) is 0 Å². The molecule has 0 saturated carbocycles. The molecule has 1 N–H and O–H groups in total. The molecule has 0 aliphatic carbocycles. The van der Waals surface area contributed by atoms with Gasteiger partial charge in [0.2, 0.25) is 0 Å². The first-order chi connectivity index (χ1) is 16.6. The molecule has 2 aliphatic rings. The molecule has 34 heavy (non-hydrogen) atoms. The number of fused-ring (bicyclic) bond motifs is 3. The number of benzene rings is 2. The first-order valence-corrected chi connectivity index (χ1v) is 12.6. The molecular weight excluding hydrogens is 428 g/mol. The minimum Gasteiger partial charge on any atom is -0.491 e. The molecule has 1 fully saturated rings. The normalized spacial score (nSPS) is 18.6. The predicted octanol–water partition coefficient (Wildman–Crippen LogP) is 4.05. The Hall–Kier alpha value is -2.41. The molecule has 0 spiro atoms. The summed E-state index contributed by atoms with van der Waals surface area (Å²) in [5.74, 6) is 1.18. The van der Waals surface area contributed by atoms with E-state index in [9.17, 15) is 4.79 Å². The molecule has 6 heteroatoms. The van der Waals surface area contributed by atoms with Gasteiger partial charge in [-0.2, -0.15) is 0 Å². The topological polar surface area (TPSA) is 60.0 Å². The first kappa shape index (κ1) is 24.7. The Bertz CT molecular complexity index is 940. The number of ether oxygens (including phenoxy) is 3. The molecule has 2 bridgehead atoms. The van der Waals surface area contributed by atoms with Crippen molar-refractivity contribution < 1.29 is 19.0 Å².